The van der Waals surface area contributed by atoms with Crippen LogP contribution in [0.25, 0.3) is 11.3 Å². The highest BCUT2D eigenvalue weighted by atomic mass is 35.5. The number of hydrogen-bond donors (Lipinski definition) is 1. The van der Waals surface area contributed by atoms with Gasteiger partial charge in [-0.3, -0.25) is 4.79 Å². The topological polar surface area (TPSA) is 84.2 Å². The van der Waals surface area contributed by atoms with Crippen LogP contribution in [0.3, 0.4) is 0 Å². The summed E-state index contributed by atoms with van der Waals surface area (Å²) in [6.07, 6.45) is 1.74. The number of anilines is 2. The predicted molar refractivity (Wildman–Crippen MR) is 107 cm³/mol. The zero-order valence-corrected chi connectivity index (χ0v) is 16.2. The number of hydrogen-bond acceptors (Lipinski definition) is 6. The first kappa shape index (κ1) is 18.4. The third-order valence-electron chi connectivity index (χ3n) is 4.79. The molecule has 1 amide bonds. The van der Waals surface area contributed by atoms with Crippen molar-refractivity contribution in [1.82, 2.24) is 15.4 Å². The van der Waals surface area contributed by atoms with Crippen molar-refractivity contribution in [2.24, 2.45) is 5.92 Å². The van der Waals surface area contributed by atoms with Crippen LogP contribution in [0.1, 0.15) is 18.6 Å². The molecule has 0 saturated carbocycles. The number of piperidine rings is 1. The van der Waals surface area contributed by atoms with Crippen LogP contribution in [-0.4, -0.2) is 34.4 Å². The third kappa shape index (κ3) is 4.14. The van der Waals surface area contributed by atoms with Crippen LogP contribution < -0.4 is 10.2 Å². The molecule has 1 aliphatic heterocycles. The summed E-state index contributed by atoms with van der Waals surface area (Å²) < 4.78 is 5.00. The molecule has 0 radical (unpaired) electrons. The van der Waals surface area contributed by atoms with Crippen LogP contribution in [0, 0.1) is 12.8 Å². The van der Waals surface area contributed by atoms with E-state index in [1.165, 1.54) is 0 Å². The lowest BCUT2D eigenvalue weighted by Gasteiger charge is -2.32. The third-order valence-corrected chi connectivity index (χ3v) is 5.04. The molecule has 1 atom stereocenters. The molecule has 1 saturated heterocycles. The lowest BCUT2D eigenvalue weighted by molar-refractivity contribution is -0.120. The van der Waals surface area contributed by atoms with E-state index < -0.39 is 0 Å². The monoisotopic (exact) mass is 397 g/mol. The van der Waals surface area contributed by atoms with Gasteiger partial charge in [-0.05, 0) is 44.0 Å². The summed E-state index contributed by atoms with van der Waals surface area (Å²) in [5.74, 6) is 1.70. The minimum atomic E-state index is -0.136. The van der Waals surface area contributed by atoms with Gasteiger partial charge >= 0.3 is 0 Å². The van der Waals surface area contributed by atoms with E-state index in [1.54, 1.807) is 13.0 Å². The van der Waals surface area contributed by atoms with E-state index in [0.29, 0.717) is 23.1 Å². The van der Waals surface area contributed by atoms with E-state index in [4.69, 9.17) is 16.1 Å². The summed E-state index contributed by atoms with van der Waals surface area (Å²) in [6.45, 7) is 3.23. The van der Waals surface area contributed by atoms with E-state index in [-0.39, 0.29) is 11.8 Å². The summed E-state index contributed by atoms with van der Waals surface area (Å²) in [6, 6.07) is 13.1. The first-order valence-corrected chi connectivity index (χ1v) is 9.55. The highest BCUT2D eigenvalue weighted by Crippen LogP contribution is 2.25. The standard InChI is InChI=1S/C20H20ClN5O2/c1-13-11-18(25-28-13)22-20(27)15-3-2-10-26(12-15)19-9-8-17(23-24-19)14-4-6-16(21)7-5-14/h4-9,11,15H,2-3,10,12H2,1H3,(H,22,25,27)/t15-/m1/s1. The van der Waals surface area contributed by atoms with Gasteiger partial charge in [-0.15, -0.1) is 10.2 Å². The quantitative estimate of drug-likeness (QED) is 0.717. The summed E-state index contributed by atoms with van der Waals surface area (Å²) in [4.78, 5) is 14.7. The van der Waals surface area contributed by atoms with Crippen LogP contribution >= 0.6 is 11.6 Å². The maximum Gasteiger partial charge on any atom is 0.230 e. The molecule has 3 heterocycles. The average molecular weight is 398 g/mol. The Morgan fingerprint density at radius 2 is 2.04 bits per heavy atom. The van der Waals surface area contributed by atoms with Crippen LogP contribution in [0.15, 0.2) is 47.0 Å². The van der Waals surface area contributed by atoms with E-state index in [0.717, 1.165) is 36.5 Å². The molecule has 0 bridgehead atoms. The van der Waals surface area contributed by atoms with Gasteiger partial charge < -0.3 is 14.7 Å². The van der Waals surface area contributed by atoms with E-state index in [9.17, 15) is 4.79 Å². The van der Waals surface area contributed by atoms with Crippen molar-refractivity contribution in [1.29, 1.82) is 0 Å². The minimum Gasteiger partial charge on any atom is -0.360 e. The fourth-order valence-corrected chi connectivity index (χ4v) is 3.45. The summed E-state index contributed by atoms with van der Waals surface area (Å²) >= 11 is 5.93. The number of halogens is 1. The summed E-state index contributed by atoms with van der Waals surface area (Å²) in [7, 11) is 0. The normalized spacial score (nSPS) is 16.8. The molecule has 0 unspecified atom stereocenters. The van der Waals surface area contributed by atoms with Crippen molar-refractivity contribution in [2.75, 3.05) is 23.3 Å². The lowest BCUT2D eigenvalue weighted by atomic mass is 9.97. The molecule has 1 aliphatic rings. The molecule has 1 aromatic carbocycles. The van der Waals surface area contributed by atoms with Gasteiger partial charge in [0, 0.05) is 29.7 Å². The Morgan fingerprint density at radius 3 is 2.71 bits per heavy atom. The Balaban J connectivity index is 1.42. The zero-order valence-electron chi connectivity index (χ0n) is 15.4. The second kappa shape index (κ2) is 7.98. The number of carbonyl (C=O) groups is 1. The van der Waals surface area contributed by atoms with Gasteiger partial charge in [0.1, 0.15) is 5.76 Å². The fourth-order valence-electron chi connectivity index (χ4n) is 3.32. The molecule has 1 fully saturated rings. The largest absolute Gasteiger partial charge is 0.360 e. The van der Waals surface area contributed by atoms with Gasteiger partial charge in [-0.1, -0.05) is 28.9 Å². The van der Waals surface area contributed by atoms with Crippen LogP contribution in [0.4, 0.5) is 11.6 Å². The van der Waals surface area contributed by atoms with Crippen molar-refractivity contribution in [3.63, 3.8) is 0 Å². The second-order valence-electron chi connectivity index (χ2n) is 6.88. The SMILES string of the molecule is Cc1cc(NC(=O)[C@@H]2CCCN(c3ccc(-c4ccc(Cl)cc4)nn3)C2)no1. The molecular formula is C20H20ClN5O2. The van der Waals surface area contributed by atoms with Crippen LogP contribution in [-0.2, 0) is 4.79 Å². The van der Waals surface area contributed by atoms with Crippen molar-refractivity contribution in [3.05, 3.63) is 53.2 Å². The minimum absolute atomic E-state index is 0.0521. The molecular weight excluding hydrogens is 378 g/mol. The molecule has 7 nitrogen and oxygen atoms in total. The maximum absolute atomic E-state index is 12.6. The molecule has 0 aliphatic carbocycles. The molecule has 3 aromatic rings. The number of rotatable bonds is 4. The van der Waals surface area contributed by atoms with Gasteiger partial charge in [0.25, 0.3) is 0 Å². The summed E-state index contributed by atoms with van der Waals surface area (Å²) in [5.41, 5.74) is 1.75. The number of amides is 1. The van der Waals surface area contributed by atoms with Gasteiger partial charge in [0.15, 0.2) is 11.6 Å². The molecule has 2 aromatic heterocycles. The van der Waals surface area contributed by atoms with Gasteiger partial charge in [0.05, 0.1) is 11.6 Å². The van der Waals surface area contributed by atoms with Crippen molar-refractivity contribution >= 4 is 29.1 Å². The van der Waals surface area contributed by atoms with Crippen molar-refractivity contribution in [2.45, 2.75) is 19.8 Å². The van der Waals surface area contributed by atoms with Crippen LogP contribution in [0.2, 0.25) is 5.02 Å². The van der Waals surface area contributed by atoms with E-state index >= 15 is 0 Å². The van der Waals surface area contributed by atoms with E-state index in [1.807, 2.05) is 36.4 Å². The fraction of sp³-hybridized carbons (Fsp3) is 0.300. The molecule has 1 N–H and O–H groups in total. The Morgan fingerprint density at radius 1 is 1.21 bits per heavy atom. The van der Waals surface area contributed by atoms with Crippen LogP contribution in [0.5, 0.6) is 0 Å². The number of nitrogens with zero attached hydrogens (tertiary/aromatic N) is 4. The molecule has 4 rings (SSSR count). The first-order valence-electron chi connectivity index (χ1n) is 9.17. The molecule has 144 valence electrons. The Labute approximate surface area is 167 Å². The first-order chi connectivity index (χ1) is 13.6. The average Bonchev–Trinajstić information content (AvgIpc) is 3.13. The van der Waals surface area contributed by atoms with E-state index in [2.05, 4.69) is 25.6 Å². The van der Waals surface area contributed by atoms with Crippen molar-refractivity contribution in [3.8, 4) is 11.3 Å². The number of aryl methyl sites for hydroxylation is 1. The van der Waals surface area contributed by atoms with Gasteiger partial charge in [-0.25, -0.2) is 0 Å². The Hall–Kier alpha value is -2.93. The smallest absolute Gasteiger partial charge is 0.230 e. The number of benzene rings is 1. The highest BCUT2D eigenvalue weighted by molar-refractivity contribution is 6.30. The zero-order chi connectivity index (χ0) is 19.5. The maximum atomic E-state index is 12.6. The summed E-state index contributed by atoms with van der Waals surface area (Å²) in [5, 5.41) is 16.0. The van der Waals surface area contributed by atoms with Gasteiger partial charge in [-0.2, -0.15) is 0 Å². The Kier molecular flexibility index (Phi) is 5.25. The number of carbonyl (C=O) groups excluding carboxylic acids is 1. The van der Waals surface area contributed by atoms with Crippen molar-refractivity contribution < 1.29 is 9.32 Å². The van der Waals surface area contributed by atoms with Gasteiger partial charge in [0.2, 0.25) is 5.91 Å². The highest BCUT2D eigenvalue weighted by Gasteiger charge is 2.27. The molecule has 0 spiro atoms. The number of nitrogens with one attached hydrogen (secondary N) is 1. The molecule has 28 heavy (non-hydrogen) atoms. The number of aromatic nitrogens is 3. The Bertz CT molecular complexity index is 955. The second-order valence-corrected chi connectivity index (χ2v) is 7.32. The lowest BCUT2D eigenvalue weighted by Crippen LogP contribution is -2.41. The predicted octanol–water partition coefficient (Wildman–Crippen LogP) is 3.95. The molecule has 8 heteroatoms.